The summed E-state index contributed by atoms with van der Waals surface area (Å²) in [7, 11) is 0. The number of fused-ring (bicyclic) bond motifs is 2. The normalized spacial score (nSPS) is 14.2. The number of hydrogen-bond donors (Lipinski definition) is 1. The molecule has 212 valence electrons. The van der Waals surface area contributed by atoms with Crippen molar-refractivity contribution in [2.75, 3.05) is 13.1 Å². The second kappa shape index (κ2) is 11.5. The van der Waals surface area contributed by atoms with Crippen LogP contribution in [0.1, 0.15) is 57.0 Å². The molecule has 1 fully saturated rings. The van der Waals surface area contributed by atoms with Gasteiger partial charge in [0.25, 0.3) is 0 Å². The van der Waals surface area contributed by atoms with Gasteiger partial charge in [-0.3, -0.25) is 4.79 Å². The van der Waals surface area contributed by atoms with Crippen molar-refractivity contribution in [3.05, 3.63) is 71.5 Å². The van der Waals surface area contributed by atoms with Gasteiger partial charge < -0.3 is 24.7 Å². The van der Waals surface area contributed by atoms with Crippen LogP contribution < -0.4 is 10.5 Å². The van der Waals surface area contributed by atoms with Crippen LogP contribution in [0, 0.1) is 11.3 Å². The number of benzene rings is 3. The molecule has 2 heterocycles. The highest BCUT2D eigenvalue weighted by Gasteiger charge is 2.28. The fourth-order valence-electron chi connectivity index (χ4n) is 5.15. The number of amides is 2. The maximum atomic E-state index is 12.4. The number of carbonyl (C=O) groups excluding carboxylic acids is 2. The molecule has 0 bridgehead atoms. The quantitative estimate of drug-likeness (QED) is 0.331. The van der Waals surface area contributed by atoms with E-state index in [1.165, 1.54) is 0 Å². The first kappa shape index (κ1) is 28.0. The van der Waals surface area contributed by atoms with Gasteiger partial charge in [-0.05, 0) is 67.4 Å². The van der Waals surface area contributed by atoms with E-state index in [2.05, 4.69) is 22.8 Å². The molecule has 1 aromatic heterocycles. The molecular weight excluding hydrogens is 518 g/mol. The van der Waals surface area contributed by atoms with E-state index >= 15 is 0 Å². The van der Waals surface area contributed by atoms with Gasteiger partial charge in [0.1, 0.15) is 23.3 Å². The average molecular weight is 554 g/mol. The number of nitrogens with two attached hydrogens (primary N) is 1. The second-order valence-corrected chi connectivity index (χ2v) is 11.5. The second-order valence-electron chi connectivity index (χ2n) is 11.5. The van der Waals surface area contributed by atoms with Crippen LogP contribution in [0.2, 0.25) is 0 Å². The minimum absolute atomic E-state index is 0.0216. The summed E-state index contributed by atoms with van der Waals surface area (Å²) < 4.78 is 14.0. The highest BCUT2D eigenvalue weighted by atomic mass is 16.6. The number of primary amides is 1. The van der Waals surface area contributed by atoms with Gasteiger partial charge in [-0.25, -0.2) is 9.78 Å². The molecule has 0 spiro atoms. The number of aromatic nitrogens is 2. The lowest BCUT2D eigenvalue weighted by molar-refractivity contribution is -0.118. The summed E-state index contributed by atoms with van der Waals surface area (Å²) in [4.78, 5) is 30.6. The average Bonchev–Trinajstić information content (AvgIpc) is 3.27. The highest BCUT2D eigenvalue weighted by Crippen LogP contribution is 2.28. The molecule has 41 heavy (non-hydrogen) atoms. The molecule has 1 saturated heterocycles. The number of imidazole rings is 1. The summed E-state index contributed by atoms with van der Waals surface area (Å²) >= 11 is 0. The van der Waals surface area contributed by atoms with Gasteiger partial charge in [-0.2, -0.15) is 5.26 Å². The van der Waals surface area contributed by atoms with Gasteiger partial charge in [0.15, 0.2) is 0 Å². The molecule has 1 aliphatic rings. The maximum Gasteiger partial charge on any atom is 0.410 e. The molecule has 0 saturated carbocycles. The molecule has 0 atom stereocenters. The fraction of sp³-hybridized carbons (Fsp3) is 0.375. The van der Waals surface area contributed by atoms with Crippen molar-refractivity contribution in [3.63, 3.8) is 0 Å². The first-order chi connectivity index (χ1) is 19.6. The van der Waals surface area contributed by atoms with Crippen LogP contribution in [0.15, 0.2) is 54.6 Å². The number of likely N-dealkylation sites (tertiary alicyclic amines) is 1. The molecular formula is C32H35N5O4. The zero-order valence-corrected chi connectivity index (χ0v) is 23.7. The third-order valence-corrected chi connectivity index (χ3v) is 7.16. The third-order valence-electron chi connectivity index (χ3n) is 7.16. The first-order valence-corrected chi connectivity index (χ1v) is 13.9. The van der Waals surface area contributed by atoms with Gasteiger partial charge in [0, 0.05) is 51.4 Å². The summed E-state index contributed by atoms with van der Waals surface area (Å²) in [5.74, 6) is 1.13. The Morgan fingerprint density at radius 3 is 2.51 bits per heavy atom. The molecule has 9 nitrogen and oxygen atoms in total. The van der Waals surface area contributed by atoms with Crippen LogP contribution in [-0.2, 0) is 22.5 Å². The predicted molar refractivity (Wildman–Crippen MR) is 156 cm³/mol. The molecule has 2 N–H and O–H groups in total. The van der Waals surface area contributed by atoms with Crippen LogP contribution in [0.25, 0.3) is 21.8 Å². The van der Waals surface area contributed by atoms with Gasteiger partial charge >= 0.3 is 6.09 Å². The Balaban J connectivity index is 1.37. The standard InChI is InChI=1S/C32H35N5O4/c1-32(2,3)41-31(39)36-14-12-25(13-15-36)40-26-8-9-27-28(18-26)37(30(35-27)11-10-29(34)38)20-22-5-7-23-6-4-21(19-33)16-24(23)17-22/h4-9,16-18,25H,10-15,20H2,1-3H3,(H2,34,38). The van der Waals surface area contributed by atoms with E-state index in [1.807, 2.05) is 63.2 Å². The van der Waals surface area contributed by atoms with Crippen molar-refractivity contribution in [2.45, 2.75) is 64.7 Å². The van der Waals surface area contributed by atoms with Gasteiger partial charge in [-0.1, -0.05) is 18.2 Å². The lowest BCUT2D eigenvalue weighted by Gasteiger charge is -2.33. The highest BCUT2D eigenvalue weighted by molar-refractivity contribution is 5.84. The number of nitrogens with zero attached hydrogens (tertiary/aromatic N) is 4. The zero-order chi connectivity index (χ0) is 29.1. The lowest BCUT2D eigenvalue weighted by Crippen LogP contribution is -2.44. The van der Waals surface area contributed by atoms with Crippen molar-refractivity contribution in [1.82, 2.24) is 14.5 Å². The monoisotopic (exact) mass is 553 g/mol. The van der Waals surface area contributed by atoms with Crippen molar-refractivity contribution < 1.29 is 19.1 Å². The summed E-state index contributed by atoms with van der Waals surface area (Å²) in [6, 6.07) is 19.9. The Hall–Kier alpha value is -4.58. The molecule has 4 aromatic rings. The van der Waals surface area contributed by atoms with E-state index in [0.29, 0.717) is 44.5 Å². The SMILES string of the molecule is CC(C)(C)OC(=O)N1CCC(Oc2ccc3nc(CCC(N)=O)n(Cc4ccc5ccc(C#N)cc5c4)c3c2)CC1. The Morgan fingerprint density at radius 1 is 1.05 bits per heavy atom. The zero-order valence-electron chi connectivity index (χ0n) is 23.7. The number of rotatable bonds is 7. The van der Waals surface area contributed by atoms with E-state index in [1.54, 1.807) is 4.90 Å². The van der Waals surface area contributed by atoms with Crippen molar-refractivity contribution >= 4 is 33.8 Å². The Labute approximate surface area is 239 Å². The first-order valence-electron chi connectivity index (χ1n) is 13.9. The summed E-state index contributed by atoms with van der Waals surface area (Å²) in [6.45, 7) is 7.29. The summed E-state index contributed by atoms with van der Waals surface area (Å²) in [5, 5.41) is 11.4. The lowest BCUT2D eigenvalue weighted by atomic mass is 10.0. The number of piperidine rings is 1. The van der Waals surface area contributed by atoms with E-state index in [9.17, 15) is 14.9 Å². The van der Waals surface area contributed by atoms with Crippen LogP contribution >= 0.6 is 0 Å². The minimum Gasteiger partial charge on any atom is -0.490 e. The molecule has 1 aliphatic heterocycles. The number of hydrogen-bond acceptors (Lipinski definition) is 6. The molecule has 5 rings (SSSR count). The smallest absolute Gasteiger partial charge is 0.410 e. The van der Waals surface area contributed by atoms with E-state index in [0.717, 1.165) is 38.9 Å². The van der Waals surface area contributed by atoms with E-state index in [4.69, 9.17) is 20.2 Å². The number of nitriles is 1. The molecule has 0 radical (unpaired) electrons. The van der Waals surface area contributed by atoms with Crippen molar-refractivity contribution in [3.8, 4) is 11.8 Å². The predicted octanol–water partition coefficient (Wildman–Crippen LogP) is 5.31. The van der Waals surface area contributed by atoms with Gasteiger partial charge in [-0.15, -0.1) is 0 Å². The third kappa shape index (κ3) is 6.77. The van der Waals surface area contributed by atoms with Crippen LogP contribution in [-0.4, -0.2) is 51.2 Å². The number of carbonyl (C=O) groups is 2. The maximum absolute atomic E-state index is 12.4. The molecule has 0 aliphatic carbocycles. The Morgan fingerprint density at radius 2 is 1.80 bits per heavy atom. The minimum atomic E-state index is -0.522. The van der Waals surface area contributed by atoms with Crippen LogP contribution in [0.4, 0.5) is 4.79 Å². The Kier molecular flexibility index (Phi) is 7.84. The van der Waals surface area contributed by atoms with E-state index in [-0.39, 0.29) is 24.5 Å². The van der Waals surface area contributed by atoms with Gasteiger partial charge in [0.2, 0.25) is 5.91 Å². The fourth-order valence-corrected chi connectivity index (χ4v) is 5.15. The van der Waals surface area contributed by atoms with Gasteiger partial charge in [0.05, 0.1) is 22.7 Å². The number of aryl methyl sites for hydroxylation is 1. The summed E-state index contributed by atoms with van der Waals surface area (Å²) in [5.41, 5.74) is 8.31. The largest absolute Gasteiger partial charge is 0.490 e. The molecule has 3 aromatic carbocycles. The Bertz CT molecular complexity index is 1640. The topological polar surface area (TPSA) is 123 Å². The number of ether oxygens (including phenoxy) is 2. The molecule has 2 amide bonds. The van der Waals surface area contributed by atoms with Crippen LogP contribution in [0.3, 0.4) is 0 Å². The summed E-state index contributed by atoms with van der Waals surface area (Å²) in [6.07, 6.45) is 1.74. The molecule has 0 unspecified atom stereocenters. The van der Waals surface area contributed by atoms with E-state index < -0.39 is 5.60 Å². The van der Waals surface area contributed by atoms with Crippen molar-refractivity contribution in [1.29, 1.82) is 5.26 Å². The van der Waals surface area contributed by atoms with Crippen LogP contribution in [0.5, 0.6) is 5.75 Å². The van der Waals surface area contributed by atoms with Crippen molar-refractivity contribution in [2.24, 2.45) is 5.73 Å². The molecule has 9 heteroatoms.